The summed E-state index contributed by atoms with van der Waals surface area (Å²) in [7, 11) is 0. The second kappa shape index (κ2) is 5.78. The molecule has 0 spiro atoms. The molecular weight excluding hydrogens is 328 g/mol. The van der Waals surface area contributed by atoms with Crippen LogP contribution in [0.2, 0.25) is 0 Å². The average molecular weight is 344 g/mol. The maximum Gasteiger partial charge on any atom is 0.266 e. The van der Waals surface area contributed by atoms with Crippen LogP contribution in [0, 0.1) is 13.8 Å². The molecule has 4 rings (SSSR count). The Labute approximate surface area is 141 Å². The first kappa shape index (κ1) is 14.9. The maximum atomic E-state index is 12.5. The zero-order chi connectivity index (χ0) is 16.7. The fourth-order valence-electron chi connectivity index (χ4n) is 2.70. The Balaban J connectivity index is 1.38. The molecule has 3 aromatic rings. The van der Waals surface area contributed by atoms with Crippen molar-refractivity contribution in [2.75, 3.05) is 13.1 Å². The number of aryl methyl sites for hydroxylation is 2. The third-order valence-electron chi connectivity index (χ3n) is 3.95. The van der Waals surface area contributed by atoms with Gasteiger partial charge in [0.1, 0.15) is 17.1 Å². The Morgan fingerprint density at radius 1 is 1.29 bits per heavy atom. The summed E-state index contributed by atoms with van der Waals surface area (Å²) in [6.07, 6.45) is 5.14. The number of aromatic nitrogens is 7. The van der Waals surface area contributed by atoms with Crippen molar-refractivity contribution in [2.45, 2.75) is 26.4 Å². The van der Waals surface area contributed by atoms with Gasteiger partial charge in [-0.05, 0) is 13.8 Å². The minimum atomic E-state index is 0.0513. The second-order valence-electron chi connectivity index (χ2n) is 5.76. The van der Waals surface area contributed by atoms with E-state index in [1.165, 1.54) is 11.3 Å². The lowest BCUT2D eigenvalue weighted by Gasteiger charge is -2.38. The molecule has 1 saturated heterocycles. The smallest absolute Gasteiger partial charge is 0.266 e. The number of thiazole rings is 1. The van der Waals surface area contributed by atoms with Crippen LogP contribution in [0.5, 0.6) is 0 Å². The van der Waals surface area contributed by atoms with Gasteiger partial charge in [-0.3, -0.25) is 4.79 Å². The van der Waals surface area contributed by atoms with Gasteiger partial charge >= 0.3 is 0 Å². The molecule has 0 saturated carbocycles. The number of carbonyl (C=O) groups is 1. The van der Waals surface area contributed by atoms with Gasteiger partial charge in [0.25, 0.3) is 5.91 Å². The molecule has 0 unspecified atom stereocenters. The molecule has 124 valence electrons. The highest BCUT2D eigenvalue weighted by atomic mass is 32.1. The minimum absolute atomic E-state index is 0.0513. The molecule has 1 fully saturated rings. The molecule has 0 aliphatic carbocycles. The zero-order valence-corrected chi connectivity index (χ0v) is 14.1. The number of amides is 1. The second-order valence-corrected chi connectivity index (χ2v) is 6.96. The summed E-state index contributed by atoms with van der Waals surface area (Å²) in [5.74, 6) is 0.0513. The van der Waals surface area contributed by atoms with Crippen LogP contribution in [0.25, 0.3) is 0 Å². The molecule has 4 heterocycles. The summed E-state index contributed by atoms with van der Waals surface area (Å²) in [6, 6.07) is 0.162. The quantitative estimate of drug-likeness (QED) is 0.691. The number of likely N-dealkylation sites (tertiary alicyclic amines) is 1. The molecule has 1 amide bonds. The van der Waals surface area contributed by atoms with Crippen LogP contribution >= 0.6 is 11.3 Å². The normalized spacial score (nSPS) is 14.8. The Morgan fingerprint density at radius 2 is 2.04 bits per heavy atom. The van der Waals surface area contributed by atoms with E-state index in [4.69, 9.17) is 0 Å². The van der Waals surface area contributed by atoms with Crippen molar-refractivity contribution >= 4 is 17.2 Å². The van der Waals surface area contributed by atoms with Crippen molar-refractivity contribution in [3.05, 3.63) is 39.9 Å². The van der Waals surface area contributed by atoms with Crippen LogP contribution in [0.1, 0.15) is 32.1 Å². The van der Waals surface area contributed by atoms with Crippen molar-refractivity contribution < 1.29 is 4.79 Å². The summed E-state index contributed by atoms with van der Waals surface area (Å²) in [5, 5.41) is 17.3. The summed E-state index contributed by atoms with van der Waals surface area (Å²) in [6.45, 7) is 5.55. The molecule has 1 aliphatic rings. The Kier molecular flexibility index (Phi) is 3.60. The van der Waals surface area contributed by atoms with Gasteiger partial charge in [0, 0.05) is 13.1 Å². The summed E-state index contributed by atoms with van der Waals surface area (Å²) >= 11 is 1.45. The average Bonchev–Trinajstić information content (AvgIpc) is 3.21. The third-order valence-corrected chi connectivity index (χ3v) is 5.01. The van der Waals surface area contributed by atoms with E-state index in [9.17, 15) is 4.79 Å². The molecule has 0 bridgehead atoms. The molecular formula is C14H16N8OS. The first-order valence-electron chi connectivity index (χ1n) is 7.58. The van der Waals surface area contributed by atoms with Crippen LogP contribution in [0.4, 0.5) is 0 Å². The predicted molar refractivity (Wildman–Crippen MR) is 85.7 cm³/mol. The molecule has 0 N–H and O–H groups in total. The van der Waals surface area contributed by atoms with Gasteiger partial charge < -0.3 is 4.90 Å². The number of rotatable bonds is 4. The Morgan fingerprint density at radius 3 is 2.71 bits per heavy atom. The van der Waals surface area contributed by atoms with Crippen LogP contribution in [0.15, 0.2) is 18.6 Å². The van der Waals surface area contributed by atoms with Crippen molar-refractivity contribution in [2.24, 2.45) is 0 Å². The highest BCUT2D eigenvalue weighted by Crippen LogP contribution is 2.26. The number of carbonyl (C=O) groups excluding carboxylic acids is 1. The van der Waals surface area contributed by atoms with Gasteiger partial charge in [0.2, 0.25) is 0 Å². The van der Waals surface area contributed by atoms with Crippen LogP contribution < -0.4 is 0 Å². The Bertz CT molecular complexity index is 861. The van der Waals surface area contributed by atoms with E-state index in [0.29, 0.717) is 19.6 Å². The van der Waals surface area contributed by atoms with Crippen molar-refractivity contribution in [1.29, 1.82) is 0 Å². The lowest BCUT2D eigenvalue weighted by atomic mass is 10.1. The van der Waals surface area contributed by atoms with Crippen LogP contribution in [-0.4, -0.2) is 58.9 Å². The summed E-state index contributed by atoms with van der Waals surface area (Å²) in [5.41, 5.74) is 1.60. The zero-order valence-electron chi connectivity index (χ0n) is 13.3. The van der Waals surface area contributed by atoms with Gasteiger partial charge in [0.15, 0.2) is 0 Å². The highest BCUT2D eigenvalue weighted by Gasteiger charge is 2.34. The first-order valence-corrected chi connectivity index (χ1v) is 8.40. The fourth-order valence-corrected chi connectivity index (χ4v) is 3.58. The van der Waals surface area contributed by atoms with Gasteiger partial charge in [-0.1, -0.05) is 5.21 Å². The fraction of sp³-hybridized carbons (Fsp3) is 0.429. The largest absolute Gasteiger partial charge is 0.333 e. The molecule has 0 aromatic carbocycles. The van der Waals surface area contributed by atoms with Gasteiger partial charge in [-0.25, -0.2) is 9.67 Å². The van der Waals surface area contributed by atoms with E-state index in [1.807, 2.05) is 29.6 Å². The molecule has 9 nitrogen and oxygen atoms in total. The molecule has 24 heavy (non-hydrogen) atoms. The molecule has 0 radical (unpaired) electrons. The monoisotopic (exact) mass is 344 g/mol. The lowest BCUT2D eigenvalue weighted by molar-refractivity contribution is 0.0502. The topological polar surface area (TPSA) is 94.6 Å². The summed E-state index contributed by atoms with van der Waals surface area (Å²) in [4.78, 5) is 20.9. The van der Waals surface area contributed by atoms with Crippen molar-refractivity contribution in [3.63, 3.8) is 0 Å². The molecule has 0 atom stereocenters. The number of nitrogens with zero attached hydrogens (tertiary/aromatic N) is 8. The van der Waals surface area contributed by atoms with Gasteiger partial charge in [-0.15, -0.1) is 16.4 Å². The third kappa shape index (κ3) is 2.68. The SMILES string of the molecule is Cc1nc(C)c(C(=O)N2CC(n3cc(Cn4nccn4)nn3)C2)s1. The van der Waals surface area contributed by atoms with Crippen LogP contribution in [0.3, 0.4) is 0 Å². The van der Waals surface area contributed by atoms with Crippen molar-refractivity contribution in [3.8, 4) is 0 Å². The lowest BCUT2D eigenvalue weighted by Crippen LogP contribution is -2.50. The highest BCUT2D eigenvalue weighted by molar-refractivity contribution is 7.13. The van der Waals surface area contributed by atoms with E-state index < -0.39 is 0 Å². The standard InChI is InChI=1S/C14H16N8OS/c1-9-13(24-10(2)17-9)14(23)20-7-12(8-20)21-5-11(18-19-21)6-22-15-3-4-16-22/h3-5,12H,6-8H2,1-2H3. The van der Waals surface area contributed by atoms with Gasteiger partial charge in [-0.2, -0.15) is 15.0 Å². The van der Waals surface area contributed by atoms with Crippen molar-refractivity contribution in [1.82, 2.24) is 39.9 Å². The Hall–Kier alpha value is -2.62. The van der Waals surface area contributed by atoms with Gasteiger partial charge in [0.05, 0.1) is 35.3 Å². The number of hydrogen-bond donors (Lipinski definition) is 0. The minimum Gasteiger partial charge on any atom is -0.333 e. The van der Waals surface area contributed by atoms with E-state index >= 15 is 0 Å². The van der Waals surface area contributed by atoms with Crippen LogP contribution in [-0.2, 0) is 6.54 Å². The molecule has 10 heteroatoms. The maximum absolute atomic E-state index is 12.5. The van der Waals surface area contributed by atoms with E-state index in [0.717, 1.165) is 21.3 Å². The number of hydrogen-bond acceptors (Lipinski definition) is 7. The molecule has 1 aliphatic heterocycles. The van der Waals surface area contributed by atoms with E-state index in [-0.39, 0.29) is 11.9 Å². The van der Waals surface area contributed by atoms with E-state index in [1.54, 1.807) is 17.2 Å². The molecule has 3 aromatic heterocycles. The van der Waals surface area contributed by atoms with E-state index in [2.05, 4.69) is 25.5 Å². The predicted octanol–water partition coefficient (Wildman–Crippen LogP) is 0.688. The first-order chi connectivity index (χ1) is 11.6. The summed E-state index contributed by atoms with van der Waals surface area (Å²) < 4.78 is 1.81.